The van der Waals surface area contributed by atoms with Crippen LogP contribution in [0.1, 0.15) is 60.5 Å². The highest BCUT2D eigenvalue weighted by Crippen LogP contribution is 2.26. The molecular weight excluding hydrogens is 226 g/mol. The average molecular weight is 245 g/mol. The van der Waals surface area contributed by atoms with Gasteiger partial charge < -0.3 is 0 Å². The third-order valence-electron chi connectivity index (χ3n) is 3.53. The summed E-state index contributed by atoms with van der Waals surface area (Å²) in [6.45, 7) is 4.02. The number of imide groups is 1. The summed E-state index contributed by atoms with van der Waals surface area (Å²) in [6.07, 6.45) is 4.59. The summed E-state index contributed by atoms with van der Waals surface area (Å²) in [4.78, 5) is 23.3. The lowest BCUT2D eigenvalue weighted by atomic mass is 9.89. The van der Waals surface area contributed by atoms with E-state index in [0.717, 1.165) is 18.4 Å². The van der Waals surface area contributed by atoms with Gasteiger partial charge in [-0.3, -0.25) is 14.9 Å². The highest BCUT2D eigenvalue weighted by Gasteiger charge is 2.28. The first-order valence-corrected chi connectivity index (χ1v) is 6.61. The van der Waals surface area contributed by atoms with Crippen molar-refractivity contribution in [3.05, 3.63) is 34.9 Å². The van der Waals surface area contributed by atoms with Gasteiger partial charge in [0.25, 0.3) is 5.91 Å². The molecule has 0 aliphatic carbocycles. The van der Waals surface area contributed by atoms with E-state index >= 15 is 0 Å². The van der Waals surface area contributed by atoms with E-state index in [0.29, 0.717) is 5.56 Å². The molecule has 3 heteroatoms. The standard InChI is InChI=1S/C15H19NO2/c1-3-4-5-6-11-7-8-12-13(9-11)10(2)14(17)16-15(12)18/h7-10H,3-6H2,1-2H3,(H,16,17,18). The summed E-state index contributed by atoms with van der Waals surface area (Å²) in [5.74, 6) is -0.699. The molecule has 3 nitrogen and oxygen atoms in total. The number of fused-ring (bicyclic) bond motifs is 1. The number of amides is 2. The largest absolute Gasteiger partial charge is 0.292 e. The molecule has 2 rings (SSSR count). The normalized spacial score (nSPS) is 18.4. The second kappa shape index (κ2) is 5.34. The quantitative estimate of drug-likeness (QED) is 0.655. The summed E-state index contributed by atoms with van der Waals surface area (Å²) in [6, 6.07) is 5.86. The van der Waals surface area contributed by atoms with Crippen molar-refractivity contribution in [2.45, 2.75) is 45.4 Å². The third-order valence-corrected chi connectivity index (χ3v) is 3.53. The fourth-order valence-electron chi connectivity index (χ4n) is 2.34. The summed E-state index contributed by atoms with van der Waals surface area (Å²) in [5, 5.41) is 2.38. The summed E-state index contributed by atoms with van der Waals surface area (Å²) >= 11 is 0. The van der Waals surface area contributed by atoms with Crippen molar-refractivity contribution in [1.82, 2.24) is 5.32 Å². The number of carbonyl (C=O) groups is 2. The van der Waals surface area contributed by atoms with Crippen LogP contribution in [-0.2, 0) is 11.2 Å². The molecule has 0 spiro atoms. The summed E-state index contributed by atoms with van der Waals surface area (Å²) in [5.41, 5.74) is 2.73. The van der Waals surface area contributed by atoms with Crippen molar-refractivity contribution < 1.29 is 9.59 Å². The molecule has 1 aliphatic rings. The molecule has 0 saturated carbocycles. The maximum Gasteiger partial charge on any atom is 0.258 e. The van der Waals surface area contributed by atoms with Crippen LogP contribution in [0.15, 0.2) is 18.2 Å². The van der Waals surface area contributed by atoms with Crippen molar-refractivity contribution in [3.63, 3.8) is 0 Å². The van der Waals surface area contributed by atoms with Crippen LogP contribution in [-0.4, -0.2) is 11.8 Å². The number of unbranched alkanes of at least 4 members (excludes halogenated alkanes) is 2. The second-order valence-electron chi connectivity index (χ2n) is 4.92. The highest BCUT2D eigenvalue weighted by molar-refractivity contribution is 6.11. The number of rotatable bonds is 4. The minimum atomic E-state index is -0.270. The minimum Gasteiger partial charge on any atom is -0.292 e. The molecule has 1 heterocycles. The molecule has 1 aromatic rings. The number of benzene rings is 1. The van der Waals surface area contributed by atoms with Gasteiger partial charge in [0.2, 0.25) is 5.91 Å². The first-order chi connectivity index (χ1) is 8.63. The number of carbonyl (C=O) groups excluding carboxylic acids is 2. The van der Waals surface area contributed by atoms with E-state index in [4.69, 9.17) is 0 Å². The lowest BCUT2D eigenvalue weighted by molar-refractivity contribution is -0.121. The topological polar surface area (TPSA) is 46.2 Å². The summed E-state index contributed by atoms with van der Waals surface area (Å²) in [7, 11) is 0. The van der Waals surface area contributed by atoms with Crippen molar-refractivity contribution in [1.29, 1.82) is 0 Å². The van der Waals surface area contributed by atoms with Crippen molar-refractivity contribution in [3.8, 4) is 0 Å². The lowest BCUT2D eigenvalue weighted by Gasteiger charge is -2.21. The molecule has 1 aliphatic heterocycles. The van der Waals surface area contributed by atoms with Crippen LogP contribution in [0, 0.1) is 0 Å². The molecule has 0 bridgehead atoms. The maximum atomic E-state index is 11.7. The number of nitrogens with one attached hydrogen (secondary N) is 1. The van der Waals surface area contributed by atoms with E-state index in [1.807, 2.05) is 25.1 Å². The van der Waals surface area contributed by atoms with Crippen LogP contribution in [0.4, 0.5) is 0 Å². The lowest BCUT2D eigenvalue weighted by Crippen LogP contribution is -2.39. The Morgan fingerprint density at radius 3 is 2.72 bits per heavy atom. The van der Waals surface area contributed by atoms with Gasteiger partial charge in [-0.2, -0.15) is 0 Å². The first-order valence-electron chi connectivity index (χ1n) is 6.61. The average Bonchev–Trinajstić information content (AvgIpc) is 2.36. The van der Waals surface area contributed by atoms with Gasteiger partial charge >= 0.3 is 0 Å². The zero-order valence-corrected chi connectivity index (χ0v) is 11.0. The van der Waals surface area contributed by atoms with Crippen molar-refractivity contribution in [2.75, 3.05) is 0 Å². The van der Waals surface area contributed by atoms with E-state index < -0.39 is 0 Å². The van der Waals surface area contributed by atoms with Gasteiger partial charge in [-0.25, -0.2) is 0 Å². The predicted molar refractivity (Wildman–Crippen MR) is 70.6 cm³/mol. The van der Waals surface area contributed by atoms with Crippen LogP contribution in [0.3, 0.4) is 0 Å². The Bertz CT molecular complexity index is 479. The first kappa shape index (κ1) is 12.8. The Morgan fingerprint density at radius 2 is 2.00 bits per heavy atom. The molecule has 96 valence electrons. The van der Waals surface area contributed by atoms with E-state index in [9.17, 15) is 9.59 Å². The monoisotopic (exact) mass is 245 g/mol. The molecule has 1 N–H and O–H groups in total. The smallest absolute Gasteiger partial charge is 0.258 e. The fraction of sp³-hybridized carbons (Fsp3) is 0.467. The van der Waals surface area contributed by atoms with Gasteiger partial charge in [-0.05, 0) is 37.0 Å². The Balaban J connectivity index is 2.24. The fourth-order valence-corrected chi connectivity index (χ4v) is 2.34. The predicted octanol–water partition coefficient (Wildman–Crippen LogP) is 2.79. The molecule has 0 radical (unpaired) electrons. The van der Waals surface area contributed by atoms with Gasteiger partial charge in [-0.15, -0.1) is 0 Å². The molecule has 0 fully saturated rings. The van der Waals surface area contributed by atoms with Gasteiger partial charge in [0.15, 0.2) is 0 Å². The third kappa shape index (κ3) is 2.45. The summed E-state index contributed by atoms with van der Waals surface area (Å²) < 4.78 is 0. The SMILES string of the molecule is CCCCCc1ccc2c(c1)C(C)C(=O)NC2=O. The van der Waals surface area contributed by atoms with Crippen LogP contribution in [0.2, 0.25) is 0 Å². The molecular formula is C15H19NO2. The molecule has 1 aromatic carbocycles. The Labute approximate surface area is 108 Å². The highest BCUT2D eigenvalue weighted by atomic mass is 16.2. The molecule has 0 saturated heterocycles. The molecule has 1 unspecified atom stereocenters. The van der Waals surface area contributed by atoms with Crippen molar-refractivity contribution >= 4 is 11.8 Å². The number of hydrogen-bond donors (Lipinski definition) is 1. The van der Waals surface area contributed by atoms with Crippen molar-refractivity contribution in [2.24, 2.45) is 0 Å². The van der Waals surface area contributed by atoms with Crippen LogP contribution < -0.4 is 5.32 Å². The Kier molecular flexibility index (Phi) is 3.80. The molecule has 18 heavy (non-hydrogen) atoms. The molecule has 0 aromatic heterocycles. The van der Waals surface area contributed by atoms with E-state index in [2.05, 4.69) is 12.2 Å². The Hall–Kier alpha value is -1.64. The van der Waals surface area contributed by atoms with Crippen LogP contribution in [0.25, 0.3) is 0 Å². The zero-order valence-electron chi connectivity index (χ0n) is 11.0. The molecule has 1 atom stereocenters. The second-order valence-corrected chi connectivity index (χ2v) is 4.92. The zero-order chi connectivity index (χ0) is 13.1. The van der Waals surface area contributed by atoms with Gasteiger partial charge in [0.1, 0.15) is 0 Å². The van der Waals surface area contributed by atoms with Crippen LogP contribution >= 0.6 is 0 Å². The van der Waals surface area contributed by atoms with Gasteiger partial charge in [0.05, 0.1) is 5.92 Å². The van der Waals surface area contributed by atoms with Gasteiger partial charge in [-0.1, -0.05) is 31.9 Å². The van der Waals surface area contributed by atoms with Crippen LogP contribution in [0.5, 0.6) is 0 Å². The van der Waals surface area contributed by atoms with E-state index in [-0.39, 0.29) is 17.7 Å². The van der Waals surface area contributed by atoms with Gasteiger partial charge in [0, 0.05) is 5.56 Å². The van der Waals surface area contributed by atoms with E-state index in [1.54, 1.807) is 0 Å². The maximum absolute atomic E-state index is 11.7. The number of hydrogen-bond acceptors (Lipinski definition) is 2. The minimum absolute atomic E-state index is 0.196. The number of aryl methyl sites for hydroxylation is 1. The van der Waals surface area contributed by atoms with E-state index in [1.165, 1.54) is 18.4 Å². The Morgan fingerprint density at radius 1 is 1.22 bits per heavy atom. The molecule has 2 amide bonds.